The summed E-state index contributed by atoms with van der Waals surface area (Å²) in [5, 5.41) is 0. The molecule has 0 spiro atoms. The standard InChI is InChI=1S/C18H25NO6S/c1-13(2)10-24-16-6-4-5-14(9-16)18(21)25-11-17(20)19(3)15-7-8-26(22,23)12-15/h4-6,9,13,15H,7-8,10-12H2,1-3H3. The molecule has 0 aromatic heterocycles. The molecule has 1 atom stereocenters. The van der Waals surface area contributed by atoms with Gasteiger partial charge in [0.2, 0.25) is 0 Å². The third-order valence-electron chi connectivity index (χ3n) is 4.13. The van der Waals surface area contributed by atoms with E-state index in [1.807, 2.05) is 13.8 Å². The predicted molar refractivity (Wildman–Crippen MR) is 96.9 cm³/mol. The highest BCUT2D eigenvalue weighted by atomic mass is 32.2. The molecule has 26 heavy (non-hydrogen) atoms. The van der Waals surface area contributed by atoms with Crippen LogP contribution in [0.5, 0.6) is 5.75 Å². The van der Waals surface area contributed by atoms with E-state index < -0.39 is 28.3 Å². The molecule has 0 saturated carbocycles. The fourth-order valence-electron chi connectivity index (χ4n) is 2.57. The van der Waals surface area contributed by atoms with E-state index in [1.54, 1.807) is 24.3 Å². The van der Waals surface area contributed by atoms with Crippen LogP contribution in [0.4, 0.5) is 0 Å². The molecule has 7 nitrogen and oxygen atoms in total. The van der Waals surface area contributed by atoms with Crippen LogP contribution in [0.25, 0.3) is 0 Å². The number of hydrogen-bond acceptors (Lipinski definition) is 6. The molecule has 0 radical (unpaired) electrons. The van der Waals surface area contributed by atoms with Gasteiger partial charge in [-0.05, 0) is 30.5 Å². The highest BCUT2D eigenvalue weighted by molar-refractivity contribution is 7.91. The summed E-state index contributed by atoms with van der Waals surface area (Å²) in [5.74, 6) is -0.0872. The summed E-state index contributed by atoms with van der Waals surface area (Å²) < 4.78 is 33.7. The zero-order chi connectivity index (χ0) is 19.3. The highest BCUT2D eigenvalue weighted by Gasteiger charge is 2.32. The topological polar surface area (TPSA) is 90.0 Å². The maximum Gasteiger partial charge on any atom is 0.338 e. The molecular weight excluding hydrogens is 358 g/mol. The van der Waals surface area contributed by atoms with Gasteiger partial charge in [-0.1, -0.05) is 19.9 Å². The van der Waals surface area contributed by atoms with Crippen LogP contribution in [0, 0.1) is 5.92 Å². The average Bonchev–Trinajstić information content (AvgIpc) is 2.97. The number of benzene rings is 1. The van der Waals surface area contributed by atoms with Crippen LogP contribution >= 0.6 is 0 Å². The molecule has 1 amide bonds. The third-order valence-corrected chi connectivity index (χ3v) is 5.88. The van der Waals surface area contributed by atoms with Gasteiger partial charge >= 0.3 is 5.97 Å². The molecule has 0 N–H and O–H groups in total. The molecule has 0 bridgehead atoms. The third kappa shape index (κ3) is 5.72. The summed E-state index contributed by atoms with van der Waals surface area (Å²) in [7, 11) is -1.55. The quantitative estimate of drug-likeness (QED) is 0.663. The monoisotopic (exact) mass is 383 g/mol. The molecule has 1 aromatic rings. The number of esters is 1. The Morgan fingerprint density at radius 1 is 1.31 bits per heavy atom. The van der Waals surface area contributed by atoms with Gasteiger partial charge in [0.05, 0.1) is 23.7 Å². The minimum Gasteiger partial charge on any atom is -0.493 e. The molecule has 1 aliphatic rings. The number of ether oxygens (including phenoxy) is 2. The van der Waals surface area contributed by atoms with Crippen molar-refractivity contribution in [2.75, 3.05) is 31.8 Å². The molecule has 1 unspecified atom stereocenters. The summed E-state index contributed by atoms with van der Waals surface area (Å²) >= 11 is 0. The summed E-state index contributed by atoms with van der Waals surface area (Å²) in [5.41, 5.74) is 0.296. The van der Waals surface area contributed by atoms with Gasteiger partial charge in [-0.2, -0.15) is 0 Å². The lowest BCUT2D eigenvalue weighted by atomic mass is 10.2. The summed E-state index contributed by atoms with van der Waals surface area (Å²) in [6.07, 6.45) is 0.410. The molecule has 1 heterocycles. The molecule has 0 aliphatic carbocycles. The first-order valence-electron chi connectivity index (χ1n) is 8.54. The lowest BCUT2D eigenvalue weighted by Crippen LogP contribution is -2.40. The average molecular weight is 383 g/mol. The van der Waals surface area contributed by atoms with Gasteiger partial charge in [-0.3, -0.25) is 4.79 Å². The van der Waals surface area contributed by atoms with Gasteiger partial charge in [-0.15, -0.1) is 0 Å². The predicted octanol–water partition coefficient (Wildman–Crippen LogP) is 1.52. The zero-order valence-electron chi connectivity index (χ0n) is 15.3. The number of likely N-dealkylation sites (N-methyl/N-ethyl adjacent to an activating group) is 1. The van der Waals surface area contributed by atoms with Gasteiger partial charge in [0, 0.05) is 13.1 Å². The number of rotatable bonds is 7. The lowest BCUT2D eigenvalue weighted by Gasteiger charge is -2.23. The van der Waals surface area contributed by atoms with Crippen LogP contribution in [0.1, 0.15) is 30.6 Å². The van der Waals surface area contributed by atoms with Gasteiger partial charge in [0.1, 0.15) is 5.75 Å². The first kappa shape index (κ1) is 20.2. The van der Waals surface area contributed by atoms with Crippen LogP contribution in [0.15, 0.2) is 24.3 Å². The Hall–Kier alpha value is -2.09. The van der Waals surface area contributed by atoms with Crippen molar-refractivity contribution in [2.45, 2.75) is 26.3 Å². The van der Waals surface area contributed by atoms with Crippen molar-refractivity contribution in [1.82, 2.24) is 4.90 Å². The Kier molecular flexibility index (Phi) is 6.63. The van der Waals surface area contributed by atoms with Gasteiger partial charge in [-0.25, -0.2) is 13.2 Å². The highest BCUT2D eigenvalue weighted by Crippen LogP contribution is 2.17. The van der Waals surface area contributed by atoms with E-state index in [9.17, 15) is 18.0 Å². The van der Waals surface area contributed by atoms with E-state index >= 15 is 0 Å². The fourth-order valence-corrected chi connectivity index (χ4v) is 4.35. The van der Waals surface area contributed by atoms with E-state index in [0.29, 0.717) is 30.3 Å². The van der Waals surface area contributed by atoms with Crippen molar-refractivity contribution in [3.05, 3.63) is 29.8 Å². The van der Waals surface area contributed by atoms with Gasteiger partial charge < -0.3 is 14.4 Å². The molecule has 1 aliphatic heterocycles. The number of hydrogen-bond donors (Lipinski definition) is 0. The van der Waals surface area contributed by atoms with E-state index in [1.165, 1.54) is 11.9 Å². The molecule has 1 aromatic carbocycles. The van der Waals surface area contributed by atoms with Crippen molar-refractivity contribution in [2.24, 2.45) is 5.92 Å². The van der Waals surface area contributed by atoms with Gasteiger partial charge in [0.15, 0.2) is 16.4 Å². The zero-order valence-corrected chi connectivity index (χ0v) is 16.1. The molecule has 8 heteroatoms. The normalized spacial score (nSPS) is 18.5. The Balaban J connectivity index is 1.88. The SMILES string of the molecule is CC(C)COc1cccc(C(=O)OCC(=O)N(C)C2CCS(=O)(=O)C2)c1. The molecular formula is C18H25NO6S. The van der Waals surface area contributed by atoms with Crippen molar-refractivity contribution in [3.8, 4) is 5.75 Å². The molecule has 1 saturated heterocycles. The minimum atomic E-state index is -3.08. The van der Waals surface area contributed by atoms with Crippen molar-refractivity contribution >= 4 is 21.7 Å². The van der Waals surface area contributed by atoms with E-state index in [-0.39, 0.29) is 17.5 Å². The van der Waals surface area contributed by atoms with Crippen molar-refractivity contribution in [3.63, 3.8) is 0 Å². The summed E-state index contributed by atoms with van der Waals surface area (Å²) in [6, 6.07) is 6.23. The summed E-state index contributed by atoms with van der Waals surface area (Å²) in [6.45, 7) is 4.15. The first-order valence-corrected chi connectivity index (χ1v) is 10.4. The Morgan fingerprint density at radius 2 is 2.04 bits per heavy atom. The van der Waals surface area contributed by atoms with Crippen molar-refractivity contribution in [1.29, 1.82) is 0 Å². The fraction of sp³-hybridized carbons (Fsp3) is 0.556. The largest absolute Gasteiger partial charge is 0.493 e. The van der Waals surface area contributed by atoms with Crippen LogP contribution in [-0.2, 0) is 19.4 Å². The van der Waals surface area contributed by atoms with Crippen molar-refractivity contribution < 1.29 is 27.5 Å². The second-order valence-electron chi connectivity index (χ2n) is 6.87. The van der Waals surface area contributed by atoms with Crippen LogP contribution in [0.2, 0.25) is 0 Å². The van der Waals surface area contributed by atoms with Crippen LogP contribution < -0.4 is 4.74 Å². The Labute approximate surface area is 154 Å². The Bertz CT molecular complexity index is 759. The molecule has 2 rings (SSSR count). The smallest absolute Gasteiger partial charge is 0.338 e. The second kappa shape index (κ2) is 8.53. The number of carbonyl (C=O) groups excluding carboxylic acids is 2. The number of carbonyl (C=O) groups is 2. The Morgan fingerprint density at radius 3 is 2.65 bits per heavy atom. The maximum atomic E-state index is 12.2. The first-order chi connectivity index (χ1) is 12.2. The van der Waals surface area contributed by atoms with Gasteiger partial charge in [0.25, 0.3) is 5.91 Å². The number of amides is 1. The summed E-state index contributed by atoms with van der Waals surface area (Å²) in [4.78, 5) is 25.6. The lowest BCUT2D eigenvalue weighted by molar-refractivity contribution is -0.134. The van der Waals surface area contributed by atoms with E-state index in [2.05, 4.69) is 0 Å². The van der Waals surface area contributed by atoms with Crippen LogP contribution in [0.3, 0.4) is 0 Å². The molecule has 144 valence electrons. The number of nitrogens with zero attached hydrogens (tertiary/aromatic N) is 1. The second-order valence-corrected chi connectivity index (χ2v) is 9.10. The molecule has 1 fully saturated rings. The van der Waals surface area contributed by atoms with Crippen LogP contribution in [-0.4, -0.2) is 63.0 Å². The number of sulfone groups is 1. The van der Waals surface area contributed by atoms with E-state index in [0.717, 1.165) is 0 Å². The van der Waals surface area contributed by atoms with E-state index in [4.69, 9.17) is 9.47 Å². The maximum absolute atomic E-state index is 12.2. The minimum absolute atomic E-state index is 0.0432.